The number of hydrogen-bond acceptors (Lipinski definition) is 3. The molecular formula is C18H17NO3. The molecule has 1 aliphatic rings. The SMILES string of the molecule is CCc1ccc2c(c1)CC(C(=O)Nc1ccccc1)OC2=O. The molecule has 0 aromatic heterocycles. The highest BCUT2D eigenvalue weighted by molar-refractivity contribution is 6.00. The second-order valence-corrected chi connectivity index (χ2v) is 5.30. The van der Waals surface area contributed by atoms with E-state index in [9.17, 15) is 9.59 Å². The summed E-state index contributed by atoms with van der Waals surface area (Å²) in [5.41, 5.74) is 3.28. The Morgan fingerprint density at radius 2 is 2.00 bits per heavy atom. The van der Waals surface area contributed by atoms with Crippen molar-refractivity contribution in [1.29, 1.82) is 0 Å². The fraction of sp³-hybridized carbons (Fsp3) is 0.222. The number of anilines is 1. The molecule has 0 fully saturated rings. The Hall–Kier alpha value is -2.62. The molecule has 22 heavy (non-hydrogen) atoms. The Bertz CT molecular complexity index is 710. The quantitative estimate of drug-likeness (QED) is 0.886. The Kier molecular flexibility index (Phi) is 3.92. The summed E-state index contributed by atoms with van der Waals surface area (Å²) in [6.45, 7) is 2.06. The van der Waals surface area contributed by atoms with Crippen LogP contribution in [0.1, 0.15) is 28.4 Å². The van der Waals surface area contributed by atoms with Crippen LogP contribution in [-0.4, -0.2) is 18.0 Å². The molecule has 4 heteroatoms. The molecule has 3 rings (SSSR count). The number of hydrogen-bond donors (Lipinski definition) is 1. The number of nitrogens with one attached hydrogen (secondary N) is 1. The molecule has 4 nitrogen and oxygen atoms in total. The number of amides is 1. The van der Waals surface area contributed by atoms with Gasteiger partial charge in [0.1, 0.15) is 0 Å². The molecule has 112 valence electrons. The average molecular weight is 295 g/mol. The summed E-state index contributed by atoms with van der Waals surface area (Å²) >= 11 is 0. The maximum Gasteiger partial charge on any atom is 0.339 e. The topological polar surface area (TPSA) is 55.4 Å². The second kappa shape index (κ2) is 6.02. The third-order valence-electron chi connectivity index (χ3n) is 3.79. The number of ether oxygens (including phenoxy) is 1. The minimum absolute atomic E-state index is 0.299. The van der Waals surface area contributed by atoms with Gasteiger partial charge in [-0.1, -0.05) is 37.3 Å². The van der Waals surface area contributed by atoms with Gasteiger partial charge in [0.05, 0.1) is 5.56 Å². The molecule has 1 atom stereocenters. The van der Waals surface area contributed by atoms with Crippen LogP contribution in [0.5, 0.6) is 0 Å². The lowest BCUT2D eigenvalue weighted by Gasteiger charge is -2.24. The number of esters is 1. The van der Waals surface area contributed by atoms with Gasteiger partial charge in [-0.3, -0.25) is 4.79 Å². The predicted octanol–water partition coefficient (Wildman–Crippen LogP) is 2.97. The summed E-state index contributed by atoms with van der Waals surface area (Å²) in [5.74, 6) is -0.732. The zero-order chi connectivity index (χ0) is 15.5. The third-order valence-corrected chi connectivity index (χ3v) is 3.79. The first-order valence-electron chi connectivity index (χ1n) is 7.36. The number of fused-ring (bicyclic) bond motifs is 1. The number of aryl methyl sites for hydroxylation is 1. The number of carbonyl (C=O) groups excluding carboxylic acids is 2. The van der Waals surface area contributed by atoms with Crippen LogP contribution in [0.3, 0.4) is 0 Å². The van der Waals surface area contributed by atoms with Crippen LogP contribution in [0.15, 0.2) is 48.5 Å². The molecule has 2 aromatic carbocycles. The summed E-state index contributed by atoms with van der Waals surface area (Å²) in [7, 11) is 0. The molecule has 0 saturated carbocycles. The molecule has 0 saturated heterocycles. The fourth-order valence-corrected chi connectivity index (χ4v) is 2.56. The van der Waals surface area contributed by atoms with Crippen LogP contribution < -0.4 is 5.32 Å². The summed E-state index contributed by atoms with van der Waals surface area (Å²) in [5, 5.41) is 2.78. The second-order valence-electron chi connectivity index (χ2n) is 5.30. The molecule has 1 unspecified atom stereocenters. The Morgan fingerprint density at radius 1 is 1.23 bits per heavy atom. The largest absolute Gasteiger partial charge is 0.448 e. The first-order valence-corrected chi connectivity index (χ1v) is 7.36. The Morgan fingerprint density at radius 3 is 2.73 bits per heavy atom. The lowest BCUT2D eigenvalue weighted by Crippen LogP contribution is -2.38. The van der Waals surface area contributed by atoms with Gasteiger partial charge in [-0.2, -0.15) is 0 Å². The van der Waals surface area contributed by atoms with Crippen molar-refractivity contribution in [3.05, 3.63) is 65.2 Å². The van der Waals surface area contributed by atoms with E-state index in [-0.39, 0.29) is 5.91 Å². The summed E-state index contributed by atoms with van der Waals surface area (Å²) < 4.78 is 5.27. The van der Waals surface area contributed by atoms with Crippen molar-refractivity contribution >= 4 is 17.6 Å². The smallest absolute Gasteiger partial charge is 0.339 e. The zero-order valence-corrected chi connectivity index (χ0v) is 12.3. The normalized spacial score (nSPS) is 16.6. The number of cyclic esters (lactones) is 1. The maximum atomic E-state index is 12.3. The number of benzene rings is 2. The van der Waals surface area contributed by atoms with Crippen LogP contribution in [0.2, 0.25) is 0 Å². The van der Waals surface area contributed by atoms with E-state index in [0.29, 0.717) is 17.7 Å². The highest BCUT2D eigenvalue weighted by Crippen LogP contribution is 2.23. The minimum Gasteiger partial charge on any atom is -0.448 e. The van der Waals surface area contributed by atoms with Gasteiger partial charge >= 0.3 is 5.97 Å². The molecule has 1 aliphatic heterocycles. The first kappa shape index (κ1) is 14.3. The molecule has 0 bridgehead atoms. The zero-order valence-electron chi connectivity index (χ0n) is 12.3. The van der Waals surface area contributed by atoms with Crippen molar-refractivity contribution < 1.29 is 14.3 Å². The molecule has 0 spiro atoms. The molecular weight excluding hydrogens is 278 g/mol. The third kappa shape index (κ3) is 2.86. The molecule has 1 amide bonds. The standard InChI is InChI=1S/C18H17NO3/c1-2-12-8-9-15-13(10-12)11-16(22-18(15)21)17(20)19-14-6-4-3-5-7-14/h3-10,16H,2,11H2,1H3,(H,19,20). The van der Waals surface area contributed by atoms with E-state index in [1.807, 2.05) is 30.3 Å². The summed E-state index contributed by atoms with van der Waals surface area (Å²) in [6.07, 6.45) is 0.517. The highest BCUT2D eigenvalue weighted by atomic mass is 16.5. The van der Waals surface area contributed by atoms with Crippen molar-refractivity contribution in [2.75, 3.05) is 5.32 Å². The lowest BCUT2D eigenvalue weighted by atomic mass is 9.95. The van der Waals surface area contributed by atoms with Crippen LogP contribution in [0.25, 0.3) is 0 Å². The minimum atomic E-state index is -0.785. The number of carbonyl (C=O) groups is 2. The highest BCUT2D eigenvalue weighted by Gasteiger charge is 2.31. The van der Waals surface area contributed by atoms with Crippen molar-refractivity contribution in [3.8, 4) is 0 Å². The predicted molar refractivity (Wildman–Crippen MR) is 83.8 cm³/mol. The van der Waals surface area contributed by atoms with Gasteiger partial charge < -0.3 is 10.1 Å². The first-order chi connectivity index (χ1) is 10.7. The van der Waals surface area contributed by atoms with Gasteiger partial charge in [0.2, 0.25) is 0 Å². The van der Waals surface area contributed by atoms with Crippen LogP contribution in [0.4, 0.5) is 5.69 Å². The average Bonchev–Trinajstić information content (AvgIpc) is 2.55. The molecule has 2 aromatic rings. The van der Waals surface area contributed by atoms with Gasteiger partial charge in [0.15, 0.2) is 6.10 Å². The van der Waals surface area contributed by atoms with Gasteiger partial charge in [-0.25, -0.2) is 4.79 Å². The van der Waals surface area contributed by atoms with Crippen LogP contribution in [0, 0.1) is 0 Å². The van der Waals surface area contributed by atoms with Gasteiger partial charge in [-0.05, 0) is 35.7 Å². The monoisotopic (exact) mass is 295 g/mol. The molecule has 1 N–H and O–H groups in total. The Labute approximate surface area is 129 Å². The Balaban J connectivity index is 1.79. The van der Waals surface area contributed by atoms with E-state index >= 15 is 0 Å². The van der Waals surface area contributed by atoms with Crippen molar-refractivity contribution in [2.24, 2.45) is 0 Å². The van der Waals surface area contributed by atoms with E-state index < -0.39 is 12.1 Å². The van der Waals surface area contributed by atoms with Crippen molar-refractivity contribution in [3.63, 3.8) is 0 Å². The van der Waals surface area contributed by atoms with E-state index in [1.165, 1.54) is 0 Å². The number of para-hydroxylation sites is 1. The van der Waals surface area contributed by atoms with Crippen LogP contribution in [-0.2, 0) is 22.4 Å². The molecule has 0 aliphatic carbocycles. The van der Waals surface area contributed by atoms with E-state index in [4.69, 9.17) is 4.74 Å². The van der Waals surface area contributed by atoms with Gasteiger partial charge in [0.25, 0.3) is 5.91 Å². The van der Waals surface area contributed by atoms with Crippen LogP contribution >= 0.6 is 0 Å². The van der Waals surface area contributed by atoms with E-state index in [2.05, 4.69) is 12.2 Å². The fourth-order valence-electron chi connectivity index (χ4n) is 2.56. The number of rotatable bonds is 3. The summed E-state index contributed by atoms with van der Waals surface area (Å²) in [6, 6.07) is 14.8. The molecule has 1 heterocycles. The van der Waals surface area contributed by atoms with Crippen molar-refractivity contribution in [2.45, 2.75) is 25.9 Å². The van der Waals surface area contributed by atoms with Gasteiger partial charge in [-0.15, -0.1) is 0 Å². The van der Waals surface area contributed by atoms with Crippen molar-refractivity contribution in [1.82, 2.24) is 0 Å². The lowest BCUT2D eigenvalue weighted by molar-refractivity contribution is -0.125. The van der Waals surface area contributed by atoms with Gasteiger partial charge in [0, 0.05) is 12.1 Å². The molecule has 0 radical (unpaired) electrons. The maximum absolute atomic E-state index is 12.3. The van der Waals surface area contributed by atoms with E-state index in [0.717, 1.165) is 17.5 Å². The van der Waals surface area contributed by atoms with E-state index in [1.54, 1.807) is 18.2 Å². The summed E-state index contributed by atoms with van der Waals surface area (Å²) in [4.78, 5) is 24.3.